The van der Waals surface area contributed by atoms with Gasteiger partial charge >= 0.3 is 5.97 Å². The highest BCUT2D eigenvalue weighted by atomic mass is 16.5. The molecule has 5 nitrogen and oxygen atoms in total. The van der Waals surface area contributed by atoms with Crippen LogP contribution in [0, 0.1) is 0 Å². The molecule has 0 spiro atoms. The molecule has 5 heteroatoms. The van der Waals surface area contributed by atoms with Crippen LogP contribution >= 0.6 is 0 Å². The lowest BCUT2D eigenvalue weighted by Gasteiger charge is -2.28. The van der Waals surface area contributed by atoms with Gasteiger partial charge in [0.1, 0.15) is 0 Å². The molecule has 1 saturated heterocycles. The summed E-state index contributed by atoms with van der Waals surface area (Å²) in [6, 6.07) is 13.6. The summed E-state index contributed by atoms with van der Waals surface area (Å²) >= 11 is 0. The summed E-state index contributed by atoms with van der Waals surface area (Å²) < 4.78 is 5.21. The molecule has 4 rings (SSSR count). The summed E-state index contributed by atoms with van der Waals surface area (Å²) in [6.07, 6.45) is 8.20. The Morgan fingerprint density at radius 3 is 2.34 bits per heavy atom. The quantitative estimate of drug-likeness (QED) is 0.769. The third-order valence-corrected chi connectivity index (χ3v) is 5.79. The molecule has 0 saturated carbocycles. The van der Waals surface area contributed by atoms with Crippen LogP contribution < -0.4 is 10.2 Å². The maximum atomic E-state index is 12.3. The normalized spacial score (nSPS) is 16.1. The van der Waals surface area contributed by atoms with E-state index in [0.29, 0.717) is 11.3 Å². The van der Waals surface area contributed by atoms with Crippen molar-refractivity contribution in [1.29, 1.82) is 0 Å². The number of fused-ring (bicyclic) bond motifs is 1. The molecule has 0 unspecified atom stereocenters. The van der Waals surface area contributed by atoms with E-state index < -0.39 is 5.97 Å². The molecule has 2 aromatic rings. The number of hydrogen-bond donors (Lipinski definition) is 1. The van der Waals surface area contributed by atoms with Crippen molar-refractivity contribution in [2.75, 3.05) is 29.9 Å². The second-order valence-corrected chi connectivity index (χ2v) is 7.91. The molecule has 152 valence electrons. The molecule has 1 aliphatic carbocycles. The van der Waals surface area contributed by atoms with Crippen molar-refractivity contribution in [2.45, 2.75) is 44.9 Å². The Bertz CT molecular complexity index is 870. The number of hydrogen-bond acceptors (Lipinski definition) is 4. The highest BCUT2D eigenvalue weighted by Crippen LogP contribution is 2.23. The SMILES string of the molecule is O=C(COC(=O)c1ccc2c(c1)CCCC2)Nc1ccc(N2CCCCC2)cc1. The molecular formula is C24H28N2O3. The van der Waals surface area contributed by atoms with Gasteiger partial charge in [0.25, 0.3) is 5.91 Å². The second-order valence-electron chi connectivity index (χ2n) is 7.91. The zero-order chi connectivity index (χ0) is 20.1. The van der Waals surface area contributed by atoms with Gasteiger partial charge in [-0.2, -0.15) is 0 Å². The fourth-order valence-electron chi connectivity index (χ4n) is 4.18. The van der Waals surface area contributed by atoms with Crippen LogP contribution in [0.15, 0.2) is 42.5 Å². The van der Waals surface area contributed by atoms with Crippen LogP contribution in [0.5, 0.6) is 0 Å². The van der Waals surface area contributed by atoms with E-state index in [9.17, 15) is 9.59 Å². The molecule has 2 aromatic carbocycles. The van der Waals surface area contributed by atoms with Crippen LogP contribution in [0.1, 0.15) is 53.6 Å². The standard InChI is InChI=1S/C24H28N2O3/c27-23(25-21-10-12-22(13-11-21)26-14-4-1-5-15-26)17-29-24(28)20-9-8-18-6-2-3-7-19(18)16-20/h8-13,16H,1-7,14-15,17H2,(H,25,27). The smallest absolute Gasteiger partial charge is 0.338 e. The number of benzene rings is 2. The summed E-state index contributed by atoms with van der Waals surface area (Å²) in [7, 11) is 0. The lowest BCUT2D eigenvalue weighted by atomic mass is 9.90. The lowest BCUT2D eigenvalue weighted by molar-refractivity contribution is -0.119. The zero-order valence-electron chi connectivity index (χ0n) is 16.8. The number of nitrogens with zero attached hydrogens (tertiary/aromatic N) is 1. The molecule has 1 aliphatic heterocycles. The third kappa shape index (κ3) is 4.97. The minimum atomic E-state index is -0.450. The van der Waals surface area contributed by atoms with Crippen LogP contribution in [0.2, 0.25) is 0 Å². The maximum Gasteiger partial charge on any atom is 0.338 e. The van der Waals surface area contributed by atoms with E-state index in [1.54, 1.807) is 6.07 Å². The molecule has 2 aliphatic rings. The number of ether oxygens (including phenoxy) is 1. The summed E-state index contributed by atoms with van der Waals surface area (Å²) in [5, 5.41) is 2.79. The van der Waals surface area contributed by atoms with Crippen LogP contribution in [0.25, 0.3) is 0 Å². The van der Waals surface area contributed by atoms with E-state index in [1.165, 1.54) is 42.5 Å². The van der Waals surface area contributed by atoms with Crippen molar-refractivity contribution in [3.8, 4) is 0 Å². The number of nitrogens with one attached hydrogen (secondary N) is 1. The average molecular weight is 392 g/mol. The number of rotatable bonds is 5. The predicted molar refractivity (Wildman–Crippen MR) is 115 cm³/mol. The van der Waals surface area contributed by atoms with Gasteiger partial charge in [0.05, 0.1) is 5.56 Å². The summed E-state index contributed by atoms with van der Waals surface area (Å²) in [6.45, 7) is 1.89. The van der Waals surface area contributed by atoms with Crippen LogP contribution in [-0.4, -0.2) is 31.6 Å². The molecule has 0 atom stereocenters. The topological polar surface area (TPSA) is 58.6 Å². The van der Waals surface area contributed by atoms with Gasteiger partial charge in [-0.15, -0.1) is 0 Å². The van der Waals surface area contributed by atoms with Gasteiger partial charge in [-0.25, -0.2) is 4.79 Å². The summed E-state index contributed by atoms with van der Waals surface area (Å²) in [5.74, 6) is -0.781. The van der Waals surface area contributed by atoms with Gasteiger partial charge < -0.3 is 15.0 Å². The Balaban J connectivity index is 1.28. The second kappa shape index (κ2) is 9.12. The van der Waals surface area contributed by atoms with E-state index >= 15 is 0 Å². The molecule has 29 heavy (non-hydrogen) atoms. The molecule has 1 heterocycles. The summed E-state index contributed by atoms with van der Waals surface area (Å²) in [4.78, 5) is 26.8. The first-order chi connectivity index (χ1) is 14.2. The Hall–Kier alpha value is -2.82. The monoisotopic (exact) mass is 392 g/mol. The lowest BCUT2D eigenvalue weighted by Crippen LogP contribution is -2.29. The highest BCUT2D eigenvalue weighted by Gasteiger charge is 2.15. The molecule has 0 aromatic heterocycles. The van der Waals surface area contributed by atoms with Gasteiger partial charge in [-0.1, -0.05) is 6.07 Å². The predicted octanol–water partition coefficient (Wildman–Crippen LogP) is 4.35. The number of carbonyl (C=O) groups excluding carboxylic acids is 2. The van der Waals surface area contributed by atoms with Gasteiger partial charge in [-0.05, 0) is 92.5 Å². The first-order valence-electron chi connectivity index (χ1n) is 10.6. The largest absolute Gasteiger partial charge is 0.452 e. The van der Waals surface area contributed by atoms with Gasteiger partial charge in [-0.3, -0.25) is 4.79 Å². The van der Waals surface area contributed by atoms with Gasteiger partial charge in [0.15, 0.2) is 6.61 Å². The molecular weight excluding hydrogens is 364 g/mol. The summed E-state index contributed by atoms with van der Waals surface area (Å²) in [5.41, 5.74) is 4.95. The highest BCUT2D eigenvalue weighted by molar-refractivity contribution is 5.95. The van der Waals surface area contributed by atoms with Gasteiger partial charge in [0.2, 0.25) is 0 Å². The number of piperidine rings is 1. The van der Waals surface area contributed by atoms with E-state index in [4.69, 9.17) is 4.74 Å². The van der Waals surface area contributed by atoms with Crippen molar-refractivity contribution >= 4 is 23.3 Å². The van der Waals surface area contributed by atoms with Crippen LogP contribution in [-0.2, 0) is 22.4 Å². The number of esters is 1. The fraction of sp³-hybridized carbons (Fsp3) is 0.417. The van der Waals surface area contributed by atoms with E-state index in [-0.39, 0.29) is 12.5 Å². The first-order valence-corrected chi connectivity index (χ1v) is 10.6. The Morgan fingerprint density at radius 1 is 0.862 bits per heavy atom. The van der Waals surface area contributed by atoms with Crippen molar-refractivity contribution in [1.82, 2.24) is 0 Å². The van der Waals surface area contributed by atoms with Crippen LogP contribution in [0.4, 0.5) is 11.4 Å². The molecule has 0 radical (unpaired) electrons. The number of amides is 1. The Morgan fingerprint density at radius 2 is 1.59 bits per heavy atom. The molecule has 1 amide bonds. The van der Waals surface area contributed by atoms with E-state index in [1.807, 2.05) is 36.4 Å². The molecule has 0 bridgehead atoms. The minimum Gasteiger partial charge on any atom is -0.452 e. The van der Waals surface area contributed by atoms with Crippen LogP contribution in [0.3, 0.4) is 0 Å². The first kappa shape index (κ1) is 19.5. The van der Waals surface area contributed by atoms with Crippen molar-refractivity contribution in [2.24, 2.45) is 0 Å². The number of anilines is 2. The van der Waals surface area contributed by atoms with Crippen molar-refractivity contribution in [3.05, 3.63) is 59.2 Å². The Kier molecular flexibility index (Phi) is 6.13. The number of aryl methyl sites for hydroxylation is 2. The fourth-order valence-corrected chi connectivity index (χ4v) is 4.18. The zero-order valence-corrected chi connectivity index (χ0v) is 16.8. The van der Waals surface area contributed by atoms with Crippen molar-refractivity contribution < 1.29 is 14.3 Å². The van der Waals surface area contributed by atoms with Crippen molar-refractivity contribution in [3.63, 3.8) is 0 Å². The minimum absolute atomic E-state index is 0.288. The Labute approximate surface area is 172 Å². The number of carbonyl (C=O) groups is 2. The maximum absolute atomic E-state index is 12.3. The molecule has 1 fully saturated rings. The average Bonchev–Trinajstić information content (AvgIpc) is 2.78. The van der Waals surface area contributed by atoms with E-state index in [2.05, 4.69) is 10.2 Å². The molecule has 1 N–H and O–H groups in total. The van der Waals surface area contributed by atoms with Gasteiger partial charge in [0, 0.05) is 24.5 Å². The van der Waals surface area contributed by atoms with E-state index in [0.717, 1.165) is 32.4 Å². The third-order valence-electron chi connectivity index (χ3n) is 5.79.